The number of benzene rings is 1. The Balaban J connectivity index is 2.10. The molecular weight excluding hydrogens is 238 g/mol. The summed E-state index contributed by atoms with van der Waals surface area (Å²) in [7, 11) is 1.41. The molecule has 1 aliphatic rings. The SMILES string of the molecule is COC(=O)[C@@H](N=CC1CCCCC1)c1ccccc1. The fourth-order valence-electron chi connectivity index (χ4n) is 2.52. The summed E-state index contributed by atoms with van der Waals surface area (Å²) in [4.78, 5) is 16.3. The van der Waals surface area contributed by atoms with E-state index in [1.54, 1.807) is 0 Å². The third-order valence-electron chi connectivity index (χ3n) is 3.64. The topological polar surface area (TPSA) is 38.7 Å². The summed E-state index contributed by atoms with van der Waals surface area (Å²) in [5.74, 6) is 0.225. The van der Waals surface area contributed by atoms with Gasteiger partial charge in [0.15, 0.2) is 6.04 Å². The molecule has 0 spiro atoms. The average molecular weight is 259 g/mol. The molecule has 1 saturated carbocycles. The maximum absolute atomic E-state index is 11.8. The molecule has 19 heavy (non-hydrogen) atoms. The number of carbonyl (C=O) groups is 1. The van der Waals surface area contributed by atoms with Gasteiger partial charge in [-0.05, 0) is 24.3 Å². The van der Waals surface area contributed by atoms with Gasteiger partial charge in [0, 0.05) is 6.21 Å². The number of carbonyl (C=O) groups excluding carboxylic acids is 1. The van der Waals surface area contributed by atoms with Gasteiger partial charge in [0.05, 0.1) is 7.11 Å². The number of methoxy groups -OCH3 is 1. The second kappa shape index (κ2) is 7.07. The van der Waals surface area contributed by atoms with Crippen molar-refractivity contribution in [3.63, 3.8) is 0 Å². The van der Waals surface area contributed by atoms with Crippen LogP contribution in [0.15, 0.2) is 35.3 Å². The van der Waals surface area contributed by atoms with Crippen LogP contribution in [0.1, 0.15) is 43.7 Å². The van der Waals surface area contributed by atoms with Gasteiger partial charge < -0.3 is 4.74 Å². The molecule has 0 heterocycles. The summed E-state index contributed by atoms with van der Waals surface area (Å²) in [5.41, 5.74) is 0.890. The van der Waals surface area contributed by atoms with Gasteiger partial charge >= 0.3 is 5.97 Å². The van der Waals surface area contributed by atoms with E-state index >= 15 is 0 Å². The molecule has 1 atom stereocenters. The fraction of sp³-hybridized carbons (Fsp3) is 0.500. The van der Waals surface area contributed by atoms with E-state index in [1.807, 2.05) is 36.5 Å². The first-order valence-corrected chi connectivity index (χ1v) is 6.97. The number of esters is 1. The molecule has 1 fully saturated rings. The van der Waals surface area contributed by atoms with Crippen molar-refractivity contribution < 1.29 is 9.53 Å². The van der Waals surface area contributed by atoms with E-state index in [2.05, 4.69) is 4.99 Å². The van der Waals surface area contributed by atoms with Crippen LogP contribution in [0.4, 0.5) is 0 Å². The molecule has 1 aliphatic carbocycles. The second-order valence-corrected chi connectivity index (χ2v) is 5.03. The summed E-state index contributed by atoms with van der Waals surface area (Å²) < 4.78 is 4.85. The van der Waals surface area contributed by atoms with Crippen LogP contribution in [-0.4, -0.2) is 19.3 Å². The molecule has 0 amide bonds. The molecule has 1 aromatic rings. The molecule has 0 bridgehead atoms. The highest BCUT2D eigenvalue weighted by molar-refractivity contribution is 5.80. The lowest BCUT2D eigenvalue weighted by molar-refractivity contribution is -0.142. The highest BCUT2D eigenvalue weighted by Crippen LogP contribution is 2.24. The lowest BCUT2D eigenvalue weighted by Crippen LogP contribution is -2.14. The van der Waals surface area contributed by atoms with Crippen molar-refractivity contribution in [1.29, 1.82) is 0 Å². The van der Waals surface area contributed by atoms with Gasteiger partial charge in [-0.15, -0.1) is 0 Å². The molecule has 3 nitrogen and oxygen atoms in total. The molecule has 102 valence electrons. The van der Waals surface area contributed by atoms with Crippen LogP contribution < -0.4 is 0 Å². The van der Waals surface area contributed by atoms with E-state index in [-0.39, 0.29) is 5.97 Å². The Morgan fingerprint density at radius 1 is 1.26 bits per heavy atom. The van der Waals surface area contributed by atoms with Crippen molar-refractivity contribution in [2.24, 2.45) is 10.9 Å². The van der Waals surface area contributed by atoms with Gasteiger partial charge in [-0.25, -0.2) is 4.79 Å². The smallest absolute Gasteiger partial charge is 0.335 e. The van der Waals surface area contributed by atoms with Crippen LogP contribution >= 0.6 is 0 Å². The van der Waals surface area contributed by atoms with Gasteiger partial charge in [0.25, 0.3) is 0 Å². The standard InChI is InChI=1S/C16H21NO2/c1-19-16(18)15(14-10-6-3-7-11-14)17-12-13-8-4-2-5-9-13/h3,6-7,10-13,15H,2,4-5,8-9H2,1H3/t15-/m0/s1. The first-order valence-electron chi connectivity index (χ1n) is 6.97. The normalized spacial score (nSPS) is 18.4. The van der Waals surface area contributed by atoms with E-state index in [0.717, 1.165) is 5.56 Å². The van der Waals surface area contributed by atoms with Gasteiger partial charge in [-0.1, -0.05) is 49.6 Å². The third-order valence-corrected chi connectivity index (χ3v) is 3.64. The monoisotopic (exact) mass is 259 g/mol. The average Bonchev–Trinajstić information content (AvgIpc) is 2.49. The second-order valence-electron chi connectivity index (χ2n) is 5.03. The van der Waals surface area contributed by atoms with Crippen molar-refractivity contribution in [1.82, 2.24) is 0 Å². The van der Waals surface area contributed by atoms with E-state index in [1.165, 1.54) is 39.2 Å². The van der Waals surface area contributed by atoms with Crippen LogP contribution in [-0.2, 0) is 9.53 Å². The number of ether oxygens (including phenoxy) is 1. The Morgan fingerprint density at radius 2 is 1.95 bits per heavy atom. The Morgan fingerprint density at radius 3 is 2.58 bits per heavy atom. The molecule has 0 radical (unpaired) electrons. The number of nitrogens with zero attached hydrogens (tertiary/aromatic N) is 1. The highest BCUT2D eigenvalue weighted by Gasteiger charge is 2.20. The minimum absolute atomic E-state index is 0.293. The largest absolute Gasteiger partial charge is 0.467 e. The maximum Gasteiger partial charge on any atom is 0.335 e. The van der Waals surface area contributed by atoms with Gasteiger partial charge in [-0.3, -0.25) is 4.99 Å². The summed E-state index contributed by atoms with van der Waals surface area (Å²) >= 11 is 0. The van der Waals surface area contributed by atoms with Crippen molar-refractivity contribution in [3.05, 3.63) is 35.9 Å². The lowest BCUT2D eigenvalue weighted by atomic mass is 9.90. The quantitative estimate of drug-likeness (QED) is 0.612. The highest BCUT2D eigenvalue weighted by atomic mass is 16.5. The van der Waals surface area contributed by atoms with Gasteiger partial charge in [0.2, 0.25) is 0 Å². The van der Waals surface area contributed by atoms with Crippen molar-refractivity contribution in [2.45, 2.75) is 38.1 Å². The predicted molar refractivity (Wildman–Crippen MR) is 76.3 cm³/mol. The molecule has 2 rings (SSSR count). The number of hydrogen-bond acceptors (Lipinski definition) is 3. The Labute approximate surface area is 114 Å². The lowest BCUT2D eigenvalue weighted by Gasteiger charge is -2.18. The summed E-state index contributed by atoms with van der Waals surface area (Å²) in [6.07, 6.45) is 8.20. The zero-order valence-electron chi connectivity index (χ0n) is 11.4. The minimum atomic E-state index is -0.520. The molecule has 1 aromatic carbocycles. The fourth-order valence-corrected chi connectivity index (χ4v) is 2.52. The van der Waals surface area contributed by atoms with E-state index in [4.69, 9.17) is 4.74 Å². The maximum atomic E-state index is 11.8. The van der Waals surface area contributed by atoms with Crippen LogP contribution in [0.25, 0.3) is 0 Å². The molecular formula is C16H21NO2. The molecule has 0 unspecified atom stereocenters. The first kappa shape index (κ1) is 13.8. The van der Waals surface area contributed by atoms with Crippen molar-refractivity contribution in [2.75, 3.05) is 7.11 Å². The summed E-state index contributed by atoms with van der Waals surface area (Å²) in [6.45, 7) is 0. The number of rotatable bonds is 4. The van der Waals surface area contributed by atoms with E-state index < -0.39 is 6.04 Å². The Hall–Kier alpha value is -1.64. The Bertz CT molecular complexity index is 422. The molecule has 0 N–H and O–H groups in total. The molecule has 3 heteroatoms. The molecule has 0 aliphatic heterocycles. The first-order chi connectivity index (χ1) is 9.31. The van der Waals surface area contributed by atoms with Crippen molar-refractivity contribution >= 4 is 12.2 Å². The summed E-state index contributed by atoms with van der Waals surface area (Å²) in [6, 6.07) is 9.08. The molecule has 0 saturated heterocycles. The zero-order valence-corrected chi connectivity index (χ0v) is 11.4. The van der Waals surface area contributed by atoms with Crippen LogP contribution in [0.3, 0.4) is 0 Å². The van der Waals surface area contributed by atoms with Crippen LogP contribution in [0.5, 0.6) is 0 Å². The summed E-state index contributed by atoms with van der Waals surface area (Å²) in [5, 5.41) is 0. The van der Waals surface area contributed by atoms with Crippen LogP contribution in [0, 0.1) is 5.92 Å². The third kappa shape index (κ3) is 3.91. The predicted octanol–water partition coefficient (Wildman–Crippen LogP) is 3.55. The molecule has 0 aromatic heterocycles. The van der Waals surface area contributed by atoms with Gasteiger partial charge in [0.1, 0.15) is 0 Å². The van der Waals surface area contributed by atoms with Crippen LogP contribution in [0.2, 0.25) is 0 Å². The van der Waals surface area contributed by atoms with Crippen molar-refractivity contribution in [3.8, 4) is 0 Å². The number of hydrogen-bond donors (Lipinski definition) is 0. The minimum Gasteiger partial charge on any atom is -0.467 e. The van der Waals surface area contributed by atoms with E-state index in [9.17, 15) is 4.79 Å². The Kier molecular flexibility index (Phi) is 5.13. The number of aliphatic imine (C=N–C) groups is 1. The zero-order chi connectivity index (χ0) is 13.5. The van der Waals surface area contributed by atoms with E-state index in [0.29, 0.717) is 5.92 Å². The van der Waals surface area contributed by atoms with Gasteiger partial charge in [-0.2, -0.15) is 0 Å².